The van der Waals surface area contributed by atoms with Crippen molar-refractivity contribution in [2.75, 3.05) is 6.54 Å². The zero-order chi connectivity index (χ0) is 13.2. The normalized spacial score (nSPS) is 17.8. The van der Waals surface area contributed by atoms with Gasteiger partial charge in [-0.1, -0.05) is 42.5 Å². The van der Waals surface area contributed by atoms with Gasteiger partial charge in [-0.3, -0.25) is 10.1 Å². The van der Waals surface area contributed by atoms with Gasteiger partial charge in [-0.05, 0) is 17.5 Å². The molecule has 0 aromatic heterocycles. The number of nitro groups is 1. The summed E-state index contributed by atoms with van der Waals surface area (Å²) in [5, 5.41) is 14.5. The molecule has 3 rings (SSSR count). The molecular weight excluding hydrogens is 240 g/mol. The second kappa shape index (κ2) is 4.82. The zero-order valence-electron chi connectivity index (χ0n) is 10.4. The van der Waals surface area contributed by atoms with Crippen LogP contribution in [0.15, 0.2) is 48.5 Å². The van der Waals surface area contributed by atoms with E-state index in [0.717, 1.165) is 24.1 Å². The summed E-state index contributed by atoms with van der Waals surface area (Å²) in [6.07, 6.45) is 0.966. The number of benzene rings is 2. The maximum absolute atomic E-state index is 11.2. The lowest BCUT2D eigenvalue weighted by molar-refractivity contribution is -0.385. The monoisotopic (exact) mass is 254 g/mol. The van der Waals surface area contributed by atoms with E-state index in [1.165, 1.54) is 5.56 Å². The maximum atomic E-state index is 11.2. The Labute approximate surface area is 111 Å². The fourth-order valence-electron chi connectivity index (χ4n) is 2.68. The van der Waals surface area contributed by atoms with Crippen molar-refractivity contribution in [3.05, 3.63) is 75.3 Å². The van der Waals surface area contributed by atoms with Crippen molar-refractivity contribution < 1.29 is 4.92 Å². The highest BCUT2D eigenvalue weighted by atomic mass is 16.6. The lowest BCUT2D eigenvalue weighted by atomic mass is 9.89. The van der Waals surface area contributed by atoms with Crippen molar-refractivity contribution in [2.24, 2.45) is 0 Å². The average molecular weight is 254 g/mol. The Hall–Kier alpha value is -2.20. The minimum Gasteiger partial charge on any atom is -0.306 e. The molecular formula is C15H14N2O2. The minimum absolute atomic E-state index is 0.0912. The molecule has 2 aromatic carbocycles. The lowest BCUT2D eigenvalue weighted by Crippen LogP contribution is -2.30. The van der Waals surface area contributed by atoms with Gasteiger partial charge in [-0.2, -0.15) is 0 Å². The van der Waals surface area contributed by atoms with Crippen LogP contribution >= 0.6 is 0 Å². The van der Waals surface area contributed by atoms with Crippen molar-refractivity contribution in [3.8, 4) is 0 Å². The summed E-state index contributed by atoms with van der Waals surface area (Å²) in [4.78, 5) is 10.8. The van der Waals surface area contributed by atoms with Gasteiger partial charge in [-0.15, -0.1) is 0 Å². The van der Waals surface area contributed by atoms with Crippen LogP contribution in [-0.2, 0) is 6.42 Å². The Balaban J connectivity index is 2.12. The van der Waals surface area contributed by atoms with Gasteiger partial charge in [0.2, 0.25) is 0 Å². The number of fused-ring (bicyclic) bond motifs is 1. The van der Waals surface area contributed by atoms with Gasteiger partial charge in [0, 0.05) is 12.6 Å². The summed E-state index contributed by atoms with van der Waals surface area (Å²) < 4.78 is 0. The molecule has 0 saturated heterocycles. The molecule has 0 spiro atoms. The third kappa shape index (κ3) is 2.11. The van der Waals surface area contributed by atoms with Gasteiger partial charge in [0.25, 0.3) is 5.69 Å². The Morgan fingerprint density at radius 3 is 2.53 bits per heavy atom. The van der Waals surface area contributed by atoms with Crippen molar-refractivity contribution in [1.82, 2.24) is 5.32 Å². The van der Waals surface area contributed by atoms with Crippen molar-refractivity contribution in [1.29, 1.82) is 0 Å². The number of hydrogen-bond acceptors (Lipinski definition) is 3. The Bertz CT molecular complexity index is 625. The van der Waals surface area contributed by atoms with Gasteiger partial charge >= 0.3 is 0 Å². The molecule has 0 saturated carbocycles. The van der Waals surface area contributed by atoms with Crippen LogP contribution in [0.1, 0.15) is 22.7 Å². The first kappa shape index (κ1) is 11.9. The van der Waals surface area contributed by atoms with E-state index in [2.05, 4.69) is 11.4 Å². The first-order valence-corrected chi connectivity index (χ1v) is 6.32. The van der Waals surface area contributed by atoms with Crippen molar-refractivity contribution in [2.45, 2.75) is 12.5 Å². The molecule has 2 aromatic rings. The molecule has 1 heterocycles. The molecule has 0 fully saturated rings. The highest BCUT2D eigenvalue weighted by Crippen LogP contribution is 2.33. The molecule has 96 valence electrons. The molecule has 1 atom stereocenters. The van der Waals surface area contributed by atoms with E-state index in [9.17, 15) is 10.1 Å². The summed E-state index contributed by atoms with van der Waals surface area (Å²) in [6.45, 7) is 0.841. The zero-order valence-corrected chi connectivity index (χ0v) is 10.4. The SMILES string of the molecule is O=[N+]([O-])c1ccccc1C1NCCc2ccccc21. The molecule has 0 radical (unpaired) electrons. The number of nitrogens with zero attached hydrogens (tertiary/aromatic N) is 1. The average Bonchev–Trinajstić information content (AvgIpc) is 2.46. The van der Waals surface area contributed by atoms with Crippen LogP contribution in [0.3, 0.4) is 0 Å². The van der Waals surface area contributed by atoms with E-state index in [1.54, 1.807) is 12.1 Å². The van der Waals surface area contributed by atoms with Gasteiger partial charge in [0.1, 0.15) is 0 Å². The predicted octanol–water partition coefficient (Wildman–Crippen LogP) is 2.83. The highest BCUT2D eigenvalue weighted by Gasteiger charge is 2.26. The number of nitrogens with one attached hydrogen (secondary N) is 1. The maximum Gasteiger partial charge on any atom is 0.274 e. The van der Waals surface area contributed by atoms with E-state index < -0.39 is 0 Å². The molecule has 1 aliphatic rings. The van der Waals surface area contributed by atoms with Crippen LogP contribution in [0.25, 0.3) is 0 Å². The molecule has 4 nitrogen and oxygen atoms in total. The van der Waals surface area contributed by atoms with E-state index in [1.807, 2.05) is 30.3 Å². The molecule has 1 N–H and O–H groups in total. The van der Waals surface area contributed by atoms with Crippen LogP contribution in [0.5, 0.6) is 0 Å². The van der Waals surface area contributed by atoms with Crippen LogP contribution in [0.4, 0.5) is 5.69 Å². The fourth-order valence-corrected chi connectivity index (χ4v) is 2.68. The number of rotatable bonds is 2. The second-order valence-corrected chi connectivity index (χ2v) is 4.65. The molecule has 19 heavy (non-hydrogen) atoms. The molecule has 1 unspecified atom stereocenters. The van der Waals surface area contributed by atoms with Gasteiger partial charge in [0.15, 0.2) is 0 Å². The van der Waals surface area contributed by atoms with Crippen LogP contribution in [0.2, 0.25) is 0 Å². The summed E-state index contributed by atoms with van der Waals surface area (Å²) in [5.41, 5.74) is 3.32. The third-order valence-electron chi connectivity index (χ3n) is 3.55. The summed E-state index contributed by atoms with van der Waals surface area (Å²) in [7, 11) is 0. The van der Waals surface area contributed by atoms with Crippen molar-refractivity contribution >= 4 is 5.69 Å². The largest absolute Gasteiger partial charge is 0.306 e. The summed E-state index contributed by atoms with van der Waals surface area (Å²) in [6, 6.07) is 15.0. The molecule has 0 amide bonds. The van der Waals surface area contributed by atoms with E-state index >= 15 is 0 Å². The number of nitro benzene ring substituents is 1. The number of para-hydroxylation sites is 1. The quantitative estimate of drug-likeness (QED) is 0.662. The Morgan fingerprint density at radius 2 is 1.74 bits per heavy atom. The molecule has 0 aliphatic carbocycles. The van der Waals surface area contributed by atoms with E-state index in [4.69, 9.17) is 0 Å². The topological polar surface area (TPSA) is 55.2 Å². The first-order valence-electron chi connectivity index (χ1n) is 6.32. The third-order valence-corrected chi connectivity index (χ3v) is 3.55. The second-order valence-electron chi connectivity index (χ2n) is 4.65. The summed E-state index contributed by atoms with van der Waals surface area (Å²) in [5.74, 6) is 0. The standard InChI is InChI=1S/C15H14N2O2/c18-17(19)14-8-4-3-7-13(14)15-12-6-2-1-5-11(12)9-10-16-15/h1-8,15-16H,9-10H2. The molecule has 1 aliphatic heterocycles. The van der Waals surface area contributed by atoms with Crippen LogP contribution in [0, 0.1) is 10.1 Å². The van der Waals surface area contributed by atoms with Crippen LogP contribution < -0.4 is 5.32 Å². The number of hydrogen-bond donors (Lipinski definition) is 1. The van der Waals surface area contributed by atoms with E-state index in [-0.39, 0.29) is 16.7 Å². The summed E-state index contributed by atoms with van der Waals surface area (Å²) >= 11 is 0. The molecule has 4 heteroatoms. The Morgan fingerprint density at radius 1 is 1.05 bits per heavy atom. The smallest absolute Gasteiger partial charge is 0.274 e. The lowest BCUT2D eigenvalue weighted by Gasteiger charge is -2.27. The predicted molar refractivity (Wildman–Crippen MR) is 73.1 cm³/mol. The minimum atomic E-state index is -0.311. The van der Waals surface area contributed by atoms with Crippen LogP contribution in [-0.4, -0.2) is 11.5 Å². The highest BCUT2D eigenvalue weighted by molar-refractivity contribution is 5.48. The van der Waals surface area contributed by atoms with Crippen molar-refractivity contribution in [3.63, 3.8) is 0 Å². The fraction of sp³-hybridized carbons (Fsp3) is 0.200. The van der Waals surface area contributed by atoms with Gasteiger partial charge < -0.3 is 5.32 Å². The van der Waals surface area contributed by atoms with Gasteiger partial charge in [0.05, 0.1) is 16.5 Å². The Kier molecular flexibility index (Phi) is 3.01. The molecule has 0 bridgehead atoms. The first-order chi connectivity index (χ1) is 9.27. The van der Waals surface area contributed by atoms with Gasteiger partial charge in [-0.25, -0.2) is 0 Å². The van der Waals surface area contributed by atoms with E-state index in [0.29, 0.717) is 0 Å².